The van der Waals surface area contributed by atoms with Gasteiger partial charge in [-0.1, -0.05) is 6.92 Å². The molecule has 1 N–H and O–H groups in total. The molecule has 0 saturated heterocycles. The summed E-state index contributed by atoms with van der Waals surface area (Å²) in [5, 5.41) is 8.80. The van der Waals surface area contributed by atoms with Crippen molar-refractivity contribution in [3.05, 3.63) is 17.7 Å². The molecule has 1 unspecified atom stereocenters. The van der Waals surface area contributed by atoms with Gasteiger partial charge in [0, 0.05) is 19.2 Å². The molecular weight excluding hydrogens is 204 g/mol. The summed E-state index contributed by atoms with van der Waals surface area (Å²) in [7, 11) is 0. The monoisotopic (exact) mass is 222 g/mol. The first-order valence-electron chi connectivity index (χ1n) is 5.94. The molecule has 2 heterocycles. The van der Waals surface area contributed by atoms with E-state index in [1.54, 1.807) is 6.92 Å². The molecule has 0 spiro atoms. The number of aryl methyl sites for hydroxylation is 3. The Hall–Kier alpha value is -1.32. The average molecular weight is 222 g/mol. The summed E-state index contributed by atoms with van der Waals surface area (Å²) < 4.78 is 2.21. The predicted molar refractivity (Wildman–Crippen MR) is 60.3 cm³/mol. The van der Waals surface area contributed by atoms with E-state index in [2.05, 4.69) is 15.7 Å². The van der Waals surface area contributed by atoms with Gasteiger partial charge in [0.15, 0.2) is 0 Å². The van der Waals surface area contributed by atoms with Crippen LogP contribution in [0.25, 0.3) is 0 Å². The van der Waals surface area contributed by atoms with Crippen molar-refractivity contribution < 1.29 is 9.90 Å². The van der Waals surface area contributed by atoms with Crippen molar-refractivity contribution in [2.75, 3.05) is 0 Å². The number of nitrogens with zero attached hydrogens (tertiary/aromatic N) is 2. The topological polar surface area (TPSA) is 55.1 Å². The third-order valence-corrected chi connectivity index (χ3v) is 3.21. The summed E-state index contributed by atoms with van der Waals surface area (Å²) in [6.07, 6.45) is 7.05. The number of rotatable bonds is 4. The second-order valence-corrected chi connectivity index (χ2v) is 4.58. The number of hydrogen-bond donors (Lipinski definition) is 1. The summed E-state index contributed by atoms with van der Waals surface area (Å²) in [6.45, 7) is 2.81. The van der Waals surface area contributed by atoms with Crippen LogP contribution in [-0.4, -0.2) is 20.6 Å². The van der Waals surface area contributed by atoms with Crippen molar-refractivity contribution in [3.63, 3.8) is 0 Å². The summed E-state index contributed by atoms with van der Waals surface area (Å²) in [4.78, 5) is 15.2. The van der Waals surface area contributed by atoms with Crippen molar-refractivity contribution in [1.29, 1.82) is 0 Å². The average Bonchev–Trinajstić information content (AvgIpc) is 2.68. The minimum Gasteiger partial charge on any atom is -0.481 e. The Morgan fingerprint density at radius 3 is 3.12 bits per heavy atom. The minimum absolute atomic E-state index is 0.279. The number of carbonyl (C=O) groups is 1. The molecule has 0 fully saturated rings. The predicted octanol–water partition coefficient (Wildman–Crippen LogP) is 1.87. The summed E-state index contributed by atoms with van der Waals surface area (Å²) >= 11 is 0. The van der Waals surface area contributed by atoms with E-state index in [1.165, 1.54) is 18.7 Å². The maximum Gasteiger partial charge on any atom is 0.306 e. The van der Waals surface area contributed by atoms with E-state index < -0.39 is 5.97 Å². The lowest BCUT2D eigenvalue weighted by Gasteiger charge is -2.11. The third kappa shape index (κ3) is 2.43. The highest BCUT2D eigenvalue weighted by atomic mass is 16.4. The van der Waals surface area contributed by atoms with Gasteiger partial charge >= 0.3 is 5.97 Å². The zero-order valence-electron chi connectivity index (χ0n) is 9.65. The Labute approximate surface area is 95.3 Å². The zero-order chi connectivity index (χ0) is 11.5. The quantitative estimate of drug-likeness (QED) is 0.846. The molecule has 4 nitrogen and oxygen atoms in total. The van der Waals surface area contributed by atoms with Crippen molar-refractivity contribution in [2.45, 2.75) is 45.6 Å². The first-order chi connectivity index (χ1) is 7.66. The molecule has 0 radical (unpaired) electrons. The van der Waals surface area contributed by atoms with E-state index in [9.17, 15) is 4.79 Å². The SMILES string of the molecule is CC(CCc1cn2c(n1)CCCC2)C(=O)O. The molecule has 1 aromatic rings. The number of carboxylic acids is 1. The van der Waals surface area contributed by atoms with Crippen LogP contribution >= 0.6 is 0 Å². The number of imidazole rings is 1. The Morgan fingerprint density at radius 1 is 1.62 bits per heavy atom. The normalized spacial score (nSPS) is 16.8. The van der Waals surface area contributed by atoms with Crippen LogP contribution in [-0.2, 0) is 24.2 Å². The van der Waals surface area contributed by atoms with Gasteiger partial charge in [-0.15, -0.1) is 0 Å². The van der Waals surface area contributed by atoms with Gasteiger partial charge in [-0.05, 0) is 25.7 Å². The molecule has 1 atom stereocenters. The summed E-state index contributed by atoms with van der Waals surface area (Å²) in [5.41, 5.74) is 1.05. The van der Waals surface area contributed by atoms with Crippen molar-refractivity contribution in [1.82, 2.24) is 9.55 Å². The second kappa shape index (κ2) is 4.68. The first kappa shape index (κ1) is 11.2. The Balaban J connectivity index is 1.95. The summed E-state index contributed by atoms with van der Waals surface area (Å²) in [6, 6.07) is 0. The van der Waals surface area contributed by atoms with Gasteiger partial charge in [-0.25, -0.2) is 4.98 Å². The van der Waals surface area contributed by atoms with E-state index in [1.807, 2.05) is 0 Å². The smallest absolute Gasteiger partial charge is 0.306 e. The van der Waals surface area contributed by atoms with Crippen molar-refractivity contribution >= 4 is 5.97 Å². The molecule has 16 heavy (non-hydrogen) atoms. The first-order valence-corrected chi connectivity index (χ1v) is 5.94. The van der Waals surface area contributed by atoms with Gasteiger partial charge in [0.1, 0.15) is 5.82 Å². The van der Waals surface area contributed by atoms with Crippen LogP contribution in [0.15, 0.2) is 6.20 Å². The molecule has 1 aliphatic rings. The van der Waals surface area contributed by atoms with Gasteiger partial charge in [0.25, 0.3) is 0 Å². The number of aromatic nitrogens is 2. The fraction of sp³-hybridized carbons (Fsp3) is 0.667. The van der Waals surface area contributed by atoms with Gasteiger partial charge in [0.2, 0.25) is 0 Å². The molecule has 0 aliphatic carbocycles. The van der Waals surface area contributed by atoms with Crippen molar-refractivity contribution in [2.24, 2.45) is 5.92 Å². The van der Waals surface area contributed by atoms with Crippen LogP contribution in [0.4, 0.5) is 0 Å². The fourth-order valence-corrected chi connectivity index (χ4v) is 2.08. The molecule has 1 aromatic heterocycles. The van der Waals surface area contributed by atoms with E-state index >= 15 is 0 Å². The van der Waals surface area contributed by atoms with Crippen LogP contribution in [0.2, 0.25) is 0 Å². The lowest BCUT2D eigenvalue weighted by molar-refractivity contribution is -0.141. The summed E-state index contributed by atoms with van der Waals surface area (Å²) in [5.74, 6) is 0.173. The third-order valence-electron chi connectivity index (χ3n) is 3.21. The van der Waals surface area contributed by atoms with Gasteiger partial charge in [-0.2, -0.15) is 0 Å². The molecular formula is C12H18N2O2. The minimum atomic E-state index is -0.719. The zero-order valence-corrected chi connectivity index (χ0v) is 9.65. The number of hydrogen-bond acceptors (Lipinski definition) is 2. The lowest BCUT2D eigenvalue weighted by atomic mass is 10.1. The lowest BCUT2D eigenvalue weighted by Crippen LogP contribution is -2.10. The van der Waals surface area contributed by atoms with Crippen LogP contribution in [0.5, 0.6) is 0 Å². The fourth-order valence-electron chi connectivity index (χ4n) is 2.08. The Kier molecular flexibility index (Phi) is 3.27. The number of aliphatic carboxylic acids is 1. The van der Waals surface area contributed by atoms with Crippen LogP contribution < -0.4 is 0 Å². The maximum absolute atomic E-state index is 10.7. The largest absolute Gasteiger partial charge is 0.481 e. The maximum atomic E-state index is 10.7. The van der Waals surface area contributed by atoms with Gasteiger partial charge < -0.3 is 9.67 Å². The van der Waals surface area contributed by atoms with Gasteiger partial charge in [-0.3, -0.25) is 4.79 Å². The van der Waals surface area contributed by atoms with E-state index in [0.717, 1.165) is 25.1 Å². The molecule has 88 valence electrons. The standard InChI is InChI=1S/C12H18N2O2/c1-9(12(15)16)5-6-10-8-14-7-3-2-4-11(14)13-10/h8-9H,2-7H2,1H3,(H,15,16). The van der Waals surface area contributed by atoms with Crippen LogP contribution in [0.1, 0.15) is 37.7 Å². The second-order valence-electron chi connectivity index (χ2n) is 4.58. The Bertz CT molecular complexity index is 361. The highest BCUT2D eigenvalue weighted by Crippen LogP contribution is 2.16. The number of fused-ring (bicyclic) bond motifs is 1. The van der Waals surface area contributed by atoms with Crippen molar-refractivity contribution in [3.8, 4) is 0 Å². The molecule has 4 heteroatoms. The molecule has 2 rings (SSSR count). The molecule has 0 amide bonds. The molecule has 0 saturated carbocycles. The van der Waals surface area contributed by atoms with E-state index in [4.69, 9.17) is 5.11 Å². The highest BCUT2D eigenvalue weighted by Gasteiger charge is 2.14. The molecule has 0 aromatic carbocycles. The highest BCUT2D eigenvalue weighted by molar-refractivity contribution is 5.69. The van der Waals surface area contributed by atoms with Crippen LogP contribution in [0.3, 0.4) is 0 Å². The molecule has 0 bridgehead atoms. The van der Waals surface area contributed by atoms with Gasteiger partial charge in [0.05, 0.1) is 11.6 Å². The van der Waals surface area contributed by atoms with Crippen LogP contribution in [0, 0.1) is 5.92 Å². The van der Waals surface area contributed by atoms with E-state index in [0.29, 0.717) is 6.42 Å². The molecule has 1 aliphatic heterocycles. The number of carboxylic acid groups (broad SMARTS) is 1. The van der Waals surface area contributed by atoms with E-state index in [-0.39, 0.29) is 5.92 Å². The Morgan fingerprint density at radius 2 is 2.44 bits per heavy atom.